The molecule has 1 saturated heterocycles. The summed E-state index contributed by atoms with van der Waals surface area (Å²) in [4.78, 5) is 20.9. The zero-order valence-corrected chi connectivity index (χ0v) is 13.4. The van der Waals surface area contributed by atoms with Gasteiger partial charge >= 0.3 is 0 Å². The van der Waals surface area contributed by atoms with Gasteiger partial charge in [-0.25, -0.2) is 4.98 Å². The van der Waals surface area contributed by atoms with Crippen LogP contribution in [0.5, 0.6) is 0 Å². The number of piperazine rings is 1. The lowest BCUT2D eigenvalue weighted by Crippen LogP contribution is -2.46. The van der Waals surface area contributed by atoms with Gasteiger partial charge in [0.15, 0.2) is 5.78 Å². The van der Waals surface area contributed by atoms with E-state index in [0.29, 0.717) is 5.56 Å². The largest absolute Gasteiger partial charge is 0.368 e. The Morgan fingerprint density at radius 3 is 2.26 bits per heavy atom. The van der Waals surface area contributed by atoms with Gasteiger partial charge in [0.25, 0.3) is 0 Å². The highest BCUT2D eigenvalue weighted by Crippen LogP contribution is 2.20. The summed E-state index contributed by atoms with van der Waals surface area (Å²) in [6.45, 7) is 5.48. The predicted octanol–water partition coefficient (Wildman–Crippen LogP) is 1.94. The van der Waals surface area contributed by atoms with E-state index < -0.39 is 6.04 Å². The summed E-state index contributed by atoms with van der Waals surface area (Å²) in [6, 6.07) is 13.3. The summed E-state index contributed by atoms with van der Waals surface area (Å²) in [5.41, 5.74) is 7.47. The van der Waals surface area contributed by atoms with Gasteiger partial charge < -0.3 is 15.5 Å². The van der Waals surface area contributed by atoms with Crippen LogP contribution < -0.4 is 15.5 Å². The second kappa shape index (κ2) is 6.79. The SMILES string of the molecule is CC(N)C(=O)c1ccc(N2CCN(c3ccccn3)CC2)cc1. The third kappa shape index (κ3) is 3.51. The van der Waals surface area contributed by atoms with E-state index in [1.807, 2.05) is 48.7 Å². The topological polar surface area (TPSA) is 62.5 Å². The smallest absolute Gasteiger partial charge is 0.179 e. The third-order valence-electron chi connectivity index (χ3n) is 4.18. The van der Waals surface area contributed by atoms with Crippen molar-refractivity contribution in [3.8, 4) is 0 Å². The van der Waals surface area contributed by atoms with Crippen molar-refractivity contribution in [2.45, 2.75) is 13.0 Å². The molecule has 1 atom stereocenters. The summed E-state index contributed by atoms with van der Waals surface area (Å²) in [6.07, 6.45) is 1.83. The average Bonchev–Trinajstić information content (AvgIpc) is 2.62. The number of nitrogens with two attached hydrogens (primary N) is 1. The molecule has 2 N–H and O–H groups in total. The number of benzene rings is 1. The third-order valence-corrected chi connectivity index (χ3v) is 4.18. The molecule has 5 heteroatoms. The number of Topliss-reactive ketones (excluding diaryl/α,β-unsaturated/α-hetero) is 1. The van der Waals surface area contributed by atoms with Crippen molar-refractivity contribution in [3.05, 3.63) is 54.2 Å². The molecule has 1 fully saturated rings. The van der Waals surface area contributed by atoms with Crippen LogP contribution in [0.1, 0.15) is 17.3 Å². The van der Waals surface area contributed by atoms with Crippen LogP contribution in [0.4, 0.5) is 11.5 Å². The molecule has 0 bridgehead atoms. The van der Waals surface area contributed by atoms with Crippen molar-refractivity contribution >= 4 is 17.3 Å². The lowest BCUT2D eigenvalue weighted by molar-refractivity contribution is 0.0968. The maximum atomic E-state index is 11.9. The minimum atomic E-state index is -0.456. The number of rotatable bonds is 4. The maximum absolute atomic E-state index is 11.9. The van der Waals surface area contributed by atoms with Crippen LogP contribution in [0, 0.1) is 0 Å². The zero-order valence-electron chi connectivity index (χ0n) is 13.4. The number of carbonyl (C=O) groups is 1. The number of nitrogens with zero attached hydrogens (tertiary/aromatic N) is 3. The summed E-state index contributed by atoms with van der Waals surface area (Å²) >= 11 is 0. The first kappa shape index (κ1) is 15.5. The summed E-state index contributed by atoms with van der Waals surface area (Å²) in [5, 5.41) is 0. The Morgan fingerprint density at radius 2 is 1.70 bits per heavy atom. The van der Waals surface area contributed by atoms with Crippen LogP contribution >= 0.6 is 0 Å². The Bertz CT molecular complexity index is 646. The number of aromatic nitrogens is 1. The molecule has 1 aromatic carbocycles. The minimum absolute atomic E-state index is 0.0171. The van der Waals surface area contributed by atoms with Gasteiger partial charge in [0, 0.05) is 43.6 Å². The van der Waals surface area contributed by atoms with Crippen LogP contribution in [-0.2, 0) is 0 Å². The predicted molar refractivity (Wildman–Crippen MR) is 93.1 cm³/mol. The molecule has 0 aliphatic carbocycles. The molecule has 0 spiro atoms. The van der Waals surface area contributed by atoms with Crippen LogP contribution in [-0.4, -0.2) is 43.0 Å². The van der Waals surface area contributed by atoms with E-state index >= 15 is 0 Å². The molecule has 0 radical (unpaired) electrons. The molecule has 2 aromatic rings. The van der Waals surface area contributed by atoms with E-state index in [0.717, 1.165) is 37.7 Å². The van der Waals surface area contributed by atoms with Gasteiger partial charge in [-0.05, 0) is 43.3 Å². The molecule has 1 aromatic heterocycles. The van der Waals surface area contributed by atoms with E-state index in [4.69, 9.17) is 5.73 Å². The second-order valence-electron chi connectivity index (χ2n) is 5.86. The van der Waals surface area contributed by atoms with E-state index in [-0.39, 0.29) is 5.78 Å². The number of anilines is 2. The lowest BCUT2D eigenvalue weighted by atomic mass is 10.1. The van der Waals surface area contributed by atoms with Gasteiger partial charge in [0.05, 0.1) is 6.04 Å². The molecule has 1 aliphatic rings. The monoisotopic (exact) mass is 310 g/mol. The van der Waals surface area contributed by atoms with E-state index in [1.54, 1.807) is 6.92 Å². The quantitative estimate of drug-likeness (QED) is 0.875. The van der Waals surface area contributed by atoms with E-state index in [1.165, 1.54) is 0 Å². The highest BCUT2D eigenvalue weighted by atomic mass is 16.1. The molecular weight excluding hydrogens is 288 g/mol. The fourth-order valence-corrected chi connectivity index (χ4v) is 2.83. The highest BCUT2D eigenvalue weighted by molar-refractivity contribution is 5.99. The molecular formula is C18H22N4O. The van der Waals surface area contributed by atoms with Gasteiger partial charge in [0.2, 0.25) is 0 Å². The van der Waals surface area contributed by atoms with Crippen molar-refractivity contribution in [2.24, 2.45) is 5.73 Å². The first-order chi connectivity index (χ1) is 11.1. The molecule has 0 amide bonds. The Hall–Kier alpha value is -2.40. The van der Waals surface area contributed by atoms with Crippen molar-refractivity contribution in [2.75, 3.05) is 36.0 Å². The summed E-state index contributed by atoms with van der Waals surface area (Å²) in [5.74, 6) is 1.02. The second-order valence-corrected chi connectivity index (χ2v) is 5.86. The number of carbonyl (C=O) groups excluding carboxylic acids is 1. The highest BCUT2D eigenvalue weighted by Gasteiger charge is 2.18. The van der Waals surface area contributed by atoms with Crippen LogP contribution in [0.25, 0.3) is 0 Å². The standard InChI is InChI=1S/C18H22N4O/c1-14(19)18(23)15-5-7-16(8-6-15)21-10-12-22(13-11-21)17-4-2-3-9-20-17/h2-9,14H,10-13,19H2,1H3. The Morgan fingerprint density at radius 1 is 1.04 bits per heavy atom. The molecule has 23 heavy (non-hydrogen) atoms. The zero-order chi connectivity index (χ0) is 16.2. The average molecular weight is 310 g/mol. The molecule has 120 valence electrons. The fraction of sp³-hybridized carbons (Fsp3) is 0.333. The van der Waals surface area contributed by atoms with Crippen molar-refractivity contribution in [1.82, 2.24) is 4.98 Å². The van der Waals surface area contributed by atoms with Crippen LogP contribution in [0.2, 0.25) is 0 Å². The molecule has 3 rings (SSSR count). The molecule has 5 nitrogen and oxygen atoms in total. The van der Waals surface area contributed by atoms with Gasteiger partial charge in [0.1, 0.15) is 5.82 Å². The van der Waals surface area contributed by atoms with Crippen molar-refractivity contribution in [1.29, 1.82) is 0 Å². The molecule has 2 heterocycles. The van der Waals surface area contributed by atoms with Gasteiger partial charge in [-0.1, -0.05) is 6.07 Å². The fourth-order valence-electron chi connectivity index (χ4n) is 2.83. The van der Waals surface area contributed by atoms with Gasteiger partial charge in [-0.15, -0.1) is 0 Å². The first-order valence-electron chi connectivity index (χ1n) is 7.96. The molecule has 1 unspecified atom stereocenters. The van der Waals surface area contributed by atoms with E-state index in [2.05, 4.69) is 14.8 Å². The van der Waals surface area contributed by atoms with Gasteiger partial charge in [-0.3, -0.25) is 4.79 Å². The van der Waals surface area contributed by atoms with Crippen LogP contribution in [0.15, 0.2) is 48.7 Å². The number of hydrogen-bond donors (Lipinski definition) is 1. The maximum Gasteiger partial charge on any atom is 0.179 e. The lowest BCUT2D eigenvalue weighted by Gasteiger charge is -2.36. The number of pyridine rings is 1. The van der Waals surface area contributed by atoms with Crippen molar-refractivity contribution < 1.29 is 4.79 Å². The van der Waals surface area contributed by atoms with E-state index in [9.17, 15) is 4.79 Å². The summed E-state index contributed by atoms with van der Waals surface area (Å²) < 4.78 is 0. The Labute approximate surface area is 136 Å². The number of ketones is 1. The Kier molecular flexibility index (Phi) is 4.57. The van der Waals surface area contributed by atoms with Crippen LogP contribution in [0.3, 0.4) is 0 Å². The van der Waals surface area contributed by atoms with Gasteiger partial charge in [-0.2, -0.15) is 0 Å². The normalized spacial score (nSPS) is 16.3. The molecule has 0 saturated carbocycles. The first-order valence-corrected chi connectivity index (χ1v) is 7.96. The van der Waals surface area contributed by atoms with Crippen molar-refractivity contribution in [3.63, 3.8) is 0 Å². The number of hydrogen-bond acceptors (Lipinski definition) is 5. The summed E-state index contributed by atoms with van der Waals surface area (Å²) in [7, 11) is 0. The minimum Gasteiger partial charge on any atom is -0.368 e. The molecule has 1 aliphatic heterocycles. The Balaban J connectivity index is 1.63.